The zero-order valence-electron chi connectivity index (χ0n) is 7.32. The largest absolute Gasteiger partial charge is 0.508 e. The number of primary amides is 1. The third-order valence-corrected chi connectivity index (χ3v) is 1.64. The van der Waals surface area contributed by atoms with Gasteiger partial charge < -0.3 is 10.8 Å². The molecule has 0 aliphatic rings. The van der Waals surface area contributed by atoms with Gasteiger partial charge in [-0.2, -0.15) is 0 Å². The minimum atomic E-state index is -0.455. The Morgan fingerprint density at radius 3 is 2.77 bits per heavy atom. The lowest BCUT2D eigenvalue weighted by atomic mass is 10.1. The van der Waals surface area contributed by atoms with Crippen LogP contribution in [0.1, 0.15) is 12.5 Å². The molecule has 0 radical (unpaired) electrons. The summed E-state index contributed by atoms with van der Waals surface area (Å²) >= 11 is 0. The van der Waals surface area contributed by atoms with Crippen molar-refractivity contribution in [1.29, 1.82) is 0 Å². The van der Waals surface area contributed by atoms with Crippen molar-refractivity contribution in [2.24, 2.45) is 5.73 Å². The maximum absolute atomic E-state index is 10.7. The highest BCUT2D eigenvalue weighted by Gasteiger charge is 1.97. The minimum absolute atomic E-state index is 0.172. The number of carbonyl (C=O) groups excluding carboxylic acids is 1. The Hall–Kier alpha value is -1.77. The summed E-state index contributed by atoms with van der Waals surface area (Å²) < 4.78 is 0. The van der Waals surface area contributed by atoms with Gasteiger partial charge in [-0.25, -0.2) is 0 Å². The average molecular weight is 177 g/mol. The Balaban J connectivity index is 2.97. The van der Waals surface area contributed by atoms with E-state index in [-0.39, 0.29) is 5.75 Å². The van der Waals surface area contributed by atoms with Gasteiger partial charge in [0.05, 0.1) is 0 Å². The molecule has 0 saturated carbocycles. The maximum atomic E-state index is 10.7. The Morgan fingerprint density at radius 2 is 2.23 bits per heavy atom. The van der Waals surface area contributed by atoms with Crippen LogP contribution in [0.5, 0.6) is 5.75 Å². The van der Waals surface area contributed by atoms with Crippen molar-refractivity contribution >= 4 is 12.0 Å². The van der Waals surface area contributed by atoms with Crippen LogP contribution in [0.4, 0.5) is 0 Å². The van der Waals surface area contributed by atoms with Crippen molar-refractivity contribution in [1.82, 2.24) is 0 Å². The molecule has 1 aromatic rings. The van der Waals surface area contributed by atoms with Crippen molar-refractivity contribution in [3.63, 3.8) is 0 Å². The summed E-state index contributed by atoms with van der Waals surface area (Å²) in [6, 6.07) is 6.62. The zero-order valence-corrected chi connectivity index (χ0v) is 7.32. The van der Waals surface area contributed by atoms with Crippen molar-refractivity contribution < 1.29 is 9.90 Å². The number of benzene rings is 1. The summed E-state index contributed by atoms with van der Waals surface area (Å²) in [5.41, 5.74) is 6.28. The van der Waals surface area contributed by atoms with Crippen LogP contribution in [0.25, 0.3) is 6.08 Å². The van der Waals surface area contributed by atoms with Gasteiger partial charge in [0, 0.05) is 5.57 Å². The zero-order chi connectivity index (χ0) is 9.84. The van der Waals surface area contributed by atoms with Gasteiger partial charge in [-0.15, -0.1) is 0 Å². The smallest absolute Gasteiger partial charge is 0.244 e. The number of hydrogen-bond donors (Lipinski definition) is 2. The predicted octanol–water partition coefficient (Wildman–Crippen LogP) is 1.28. The number of phenolic OH excluding ortho intramolecular Hbond substituents is 1. The molecule has 68 valence electrons. The van der Waals surface area contributed by atoms with Gasteiger partial charge in [0.25, 0.3) is 0 Å². The second-order valence-corrected chi connectivity index (χ2v) is 2.79. The van der Waals surface area contributed by atoms with Crippen LogP contribution in [0, 0.1) is 0 Å². The van der Waals surface area contributed by atoms with E-state index in [0.717, 1.165) is 5.56 Å². The van der Waals surface area contributed by atoms with Gasteiger partial charge in [0.15, 0.2) is 0 Å². The summed E-state index contributed by atoms with van der Waals surface area (Å²) in [6.07, 6.45) is 1.63. The Bertz CT molecular complexity index is 356. The number of phenols is 1. The fourth-order valence-corrected chi connectivity index (χ4v) is 0.936. The highest BCUT2D eigenvalue weighted by molar-refractivity contribution is 5.95. The van der Waals surface area contributed by atoms with Crippen molar-refractivity contribution in [3.05, 3.63) is 35.4 Å². The highest BCUT2D eigenvalue weighted by Crippen LogP contribution is 2.13. The summed E-state index contributed by atoms with van der Waals surface area (Å²) in [5, 5.41) is 9.12. The van der Waals surface area contributed by atoms with E-state index in [9.17, 15) is 4.79 Å². The second-order valence-electron chi connectivity index (χ2n) is 2.79. The van der Waals surface area contributed by atoms with Crippen molar-refractivity contribution in [2.75, 3.05) is 0 Å². The first-order valence-corrected chi connectivity index (χ1v) is 3.87. The number of aromatic hydroxyl groups is 1. The summed E-state index contributed by atoms with van der Waals surface area (Å²) in [7, 11) is 0. The molecule has 1 rings (SSSR count). The van der Waals surface area contributed by atoms with Crippen LogP contribution in [-0.2, 0) is 4.79 Å². The van der Waals surface area contributed by atoms with Crippen LogP contribution in [0.15, 0.2) is 29.8 Å². The third-order valence-electron chi connectivity index (χ3n) is 1.64. The first kappa shape index (κ1) is 9.32. The van der Waals surface area contributed by atoms with Crippen LogP contribution in [0.2, 0.25) is 0 Å². The van der Waals surface area contributed by atoms with Gasteiger partial charge in [0.1, 0.15) is 5.75 Å². The van der Waals surface area contributed by atoms with Crippen LogP contribution in [-0.4, -0.2) is 11.0 Å². The molecule has 0 aromatic heterocycles. The van der Waals surface area contributed by atoms with E-state index in [1.807, 2.05) is 0 Å². The molecule has 3 N–H and O–H groups in total. The van der Waals surface area contributed by atoms with Crippen molar-refractivity contribution in [2.45, 2.75) is 6.92 Å². The fourth-order valence-electron chi connectivity index (χ4n) is 0.936. The lowest BCUT2D eigenvalue weighted by Crippen LogP contribution is -2.11. The molecule has 0 aliphatic carbocycles. The standard InChI is InChI=1S/C10H11NO2/c1-7(10(11)13)5-8-3-2-4-9(12)6-8/h2-6,12H,1H3,(H2,11,13). The summed E-state index contributed by atoms with van der Waals surface area (Å²) in [4.78, 5) is 10.7. The molecule has 3 heteroatoms. The molecule has 0 heterocycles. The van der Waals surface area contributed by atoms with E-state index >= 15 is 0 Å². The molecular formula is C10H11NO2. The third kappa shape index (κ3) is 2.63. The minimum Gasteiger partial charge on any atom is -0.508 e. The van der Waals surface area contributed by atoms with Gasteiger partial charge in [-0.1, -0.05) is 12.1 Å². The average Bonchev–Trinajstić information content (AvgIpc) is 2.04. The van der Waals surface area contributed by atoms with Crippen LogP contribution in [0.3, 0.4) is 0 Å². The van der Waals surface area contributed by atoms with E-state index in [4.69, 9.17) is 10.8 Å². The summed E-state index contributed by atoms with van der Waals surface area (Å²) in [5.74, 6) is -0.283. The topological polar surface area (TPSA) is 63.3 Å². The quantitative estimate of drug-likeness (QED) is 0.668. The lowest BCUT2D eigenvalue weighted by Gasteiger charge is -1.96. The number of amides is 1. The van der Waals surface area contributed by atoms with E-state index in [0.29, 0.717) is 5.57 Å². The van der Waals surface area contributed by atoms with Gasteiger partial charge in [-0.05, 0) is 30.7 Å². The fraction of sp³-hybridized carbons (Fsp3) is 0.100. The number of hydrogen-bond acceptors (Lipinski definition) is 2. The molecule has 1 amide bonds. The molecule has 3 nitrogen and oxygen atoms in total. The van der Waals surface area contributed by atoms with E-state index < -0.39 is 5.91 Å². The molecule has 1 aromatic carbocycles. The highest BCUT2D eigenvalue weighted by atomic mass is 16.3. The molecule has 0 unspecified atom stereocenters. The van der Waals surface area contributed by atoms with Crippen molar-refractivity contribution in [3.8, 4) is 5.75 Å². The molecular weight excluding hydrogens is 166 g/mol. The second kappa shape index (κ2) is 3.76. The number of nitrogens with two attached hydrogens (primary N) is 1. The van der Waals surface area contributed by atoms with E-state index in [1.165, 1.54) is 0 Å². The normalized spacial score (nSPS) is 11.3. The molecule has 0 aliphatic heterocycles. The summed E-state index contributed by atoms with van der Waals surface area (Å²) in [6.45, 7) is 1.63. The van der Waals surface area contributed by atoms with E-state index in [1.54, 1.807) is 37.3 Å². The monoisotopic (exact) mass is 177 g/mol. The molecule has 13 heavy (non-hydrogen) atoms. The molecule has 0 spiro atoms. The lowest BCUT2D eigenvalue weighted by molar-refractivity contribution is -0.114. The van der Waals surface area contributed by atoms with Gasteiger partial charge in [0.2, 0.25) is 5.91 Å². The molecule has 0 bridgehead atoms. The molecule has 0 fully saturated rings. The first-order valence-electron chi connectivity index (χ1n) is 3.87. The molecule has 0 atom stereocenters. The SMILES string of the molecule is CC(=Cc1cccc(O)c1)C(N)=O. The Morgan fingerprint density at radius 1 is 1.54 bits per heavy atom. The maximum Gasteiger partial charge on any atom is 0.244 e. The Kier molecular flexibility index (Phi) is 2.69. The van der Waals surface area contributed by atoms with Crippen LogP contribution >= 0.6 is 0 Å². The predicted molar refractivity (Wildman–Crippen MR) is 51.0 cm³/mol. The van der Waals surface area contributed by atoms with Gasteiger partial charge >= 0.3 is 0 Å². The van der Waals surface area contributed by atoms with Crippen LogP contribution < -0.4 is 5.73 Å². The van der Waals surface area contributed by atoms with Gasteiger partial charge in [-0.3, -0.25) is 4.79 Å². The first-order chi connectivity index (χ1) is 6.09. The number of rotatable bonds is 2. The number of carbonyl (C=O) groups is 1. The molecule has 0 saturated heterocycles. The Labute approximate surface area is 76.5 Å². The van der Waals surface area contributed by atoms with E-state index in [2.05, 4.69) is 0 Å².